The number of primary amides is 1. The second-order valence-corrected chi connectivity index (χ2v) is 14.1. The SMILES string of the molecule is COC1CCN(C(=O)OCc2ccc(NC(=O)C(CCCNC(N)=O)NC(=O)C3(C(=O)NCCCCCN4C(=O)CC(S)C4=O)CCC3)cc2)CC1. The molecule has 2 aliphatic heterocycles. The molecule has 2 heterocycles. The molecule has 8 amide bonds. The van der Waals surface area contributed by atoms with Gasteiger partial charge in [-0.25, -0.2) is 9.59 Å². The number of carbonyl (C=O) groups is 7. The number of piperidine rings is 1. The van der Waals surface area contributed by atoms with Crippen molar-refractivity contribution in [1.29, 1.82) is 0 Å². The summed E-state index contributed by atoms with van der Waals surface area (Å²) >= 11 is 4.13. The van der Waals surface area contributed by atoms with Crippen LogP contribution in [0.4, 0.5) is 15.3 Å². The van der Waals surface area contributed by atoms with Crippen molar-refractivity contribution in [2.45, 2.75) is 94.6 Å². The molecule has 1 aliphatic carbocycles. The van der Waals surface area contributed by atoms with E-state index in [1.165, 1.54) is 4.90 Å². The minimum atomic E-state index is -1.31. The van der Waals surface area contributed by atoms with Gasteiger partial charge in [0.2, 0.25) is 29.5 Å². The molecule has 3 aliphatic rings. The fraction of sp³-hybridized carbons (Fsp3) is 0.629. The zero-order valence-corrected chi connectivity index (χ0v) is 30.5. The van der Waals surface area contributed by atoms with Crippen LogP contribution in [0.15, 0.2) is 24.3 Å². The van der Waals surface area contributed by atoms with Gasteiger partial charge in [-0.1, -0.05) is 18.6 Å². The van der Waals surface area contributed by atoms with Crippen LogP contribution < -0.4 is 27.0 Å². The molecule has 52 heavy (non-hydrogen) atoms. The predicted molar refractivity (Wildman–Crippen MR) is 193 cm³/mol. The minimum absolute atomic E-state index is 0.0599. The van der Waals surface area contributed by atoms with Gasteiger partial charge >= 0.3 is 12.1 Å². The highest BCUT2D eigenvalue weighted by molar-refractivity contribution is 7.81. The smallest absolute Gasteiger partial charge is 0.410 e. The molecule has 1 aromatic rings. The third kappa shape index (κ3) is 11.1. The molecule has 4 rings (SSSR count). The Balaban J connectivity index is 1.26. The van der Waals surface area contributed by atoms with Gasteiger partial charge in [-0.2, -0.15) is 12.6 Å². The molecule has 17 heteroatoms. The highest BCUT2D eigenvalue weighted by Gasteiger charge is 2.51. The van der Waals surface area contributed by atoms with Crippen LogP contribution in [0.5, 0.6) is 0 Å². The standard InChI is InChI=1S/C35H51N7O9S/c1-50-25-12-19-41(20-13-25)34(49)51-22-23-8-10-24(11-9-23)39-29(44)26(7-5-17-38-33(36)48)40-32(47)35(14-6-15-35)31(46)37-16-3-2-4-18-42-28(43)21-27(52)30(42)45/h8-11,25-27,52H,2-7,12-22H2,1H3,(H,37,46)(H,39,44)(H,40,47)(H3,36,38,48). The van der Waals surface area contributed by atoms with Gasteiger partial charge in [-0.15, -0.1) is 0 Å². The Labute approximate surface area is 309 Å². The summed E-state index contributed by atoms with van der Waals surface area (Å²) < 4.78 is 10.8. The molecule has 0 aromatic heterocycles. The lowest BCUT2D eigenvalue weighted by molar-refractivity contribution is -0.151. The van der Waals surface area contributed by atoms with Crippen molar-refractivity contribution in [2.75, 3.05) is 45.2 Å². The Bertz CT molecular complexity index is 1450. The Hall–Kier alpha value is -4.38. The first-order chi connectivity index (χ1) is 24.9. The molecular formula is C35H51N7O9S. The highest BCUT2D eigenvalue weighted by atomic mass is 32.1. The van der Waals surface area contributed by atoms with Crippen LogP contribution in [0.3, 0.4) is 0 Å². The van der Waals surface area contributed by atoms with E-state index in [1.54, 1.807) is 36.3 Å². The number of likely N-dealkylation sites (tertiary alicyclic amines) is 2. The summed E-state index contributed by atoms with van der Waals surface area (Å²) in [5, 5.41) is 10.3. The van der Waals surface area contributed by atoms with Gasteiger partial charge in [0.05, 0.1) is 11.4 Å². The van der Waals surface area contributed by atoms with E-state index < -0.39 is 46.6 Å². The lowest BCUT2D eigenvalue weighted by Gasteiger charge is -2.39. The van der Waals surface area contributed by atoms with E-state index in [0.29, 0.717) is 76.8 Å². The molecule has 286 valence electrons. The number of urea groups is 1. The summed E-state index contributed by atoms with van der Waals surface area (Å²) in [6, 6.07) is 5.06. The maximum atomic E-state index is 13.6. The van der Waals surface area contributed by atoms with Crippen LogP contribution in [-0.2, 0) is 40.1 Å². The predicted octanol–water partition coefficient (Wildman–Crippen LogP) is 1.82. The number of anilines is 1. The molecular weight excluding hydrogens is 694 g/mol. The van der Waals surface area contributed by atoms with Crippen molar-refractivity contribution in [3.8, 4) is 0 Å². The van der Waals surface area contributed by atoms with Crippen LogP contribution >= 0.6 is 12.6 Å². The van der Waals surface area contributed by atoms with E-state index in [4.69, 9.17) is 15.2 Å². The Morgan fingerprint density at radius 1 is 0.962 bits per heavy atom. The van der Waals surface area contributed by atoms with Gasteiger partial charge in [-0.05, 0) is 75.5 Å². The molecule has 1 saturated carbocycles. The summed E-state index contributed by atoms with van der Waals surface area (Å²) in [6.07, 6.45) is 5.07. The molecule has 2 saturated heterocycles. The van der Waals surface area contributed by atoms with E-state index in [1.807, 2.05) is 0 Å². The molecule has 0 spiro atoms. The Kier molecular flexibility index (Phi) is 15.1. The van der Waals surface area contributed by atoms with Crippen LogP contribution in [-0.4, -0.2) is 109 Å². The van der Waals surface area contributed by atoms with Crippen molar-refractivity contribution in [2.24, 2.45) is 11.1 Å². The van der Waals surface area contributed by atoms with Crippen molar-refractivity contribution < 1.29 is 43.0 Å². The van der Waals surface area contributed by atoms with Crippen molar-refractivity contribution >= 4 is 60.0 Å². The molecule has 0 bridgehead atoms. The monoisotopic (exact) mass is 745 g/mol. The number of methoxy groups -OCH3 is 1. The van der Waals surface area contributed by atoms with Crippen LogP contribution in [0.1, 0.15) is 76.2 Å². The van der Waals surface area contributed by atoms with Gasteiger partial charge in [0.25, 0.3) is 0 Å². The number of hydrogen-bond acceptors (Lipinski definition) is 10. The van der Waals surface area contributed by atoms with Crippen LogP contribution in [0, 0.1) is 5.41 Å². The summed E-state index contributed by atoms with van der Waals surface area (Å²) in [7, 11) is 1.66. The lowest BCUT2D eigenvalue weighted by atomic mass is 9.67. The highest BCUT2D eigenvalue weighted by Crippen LogP contribution is 2.41. The maximum Gasteiger partial charge on any atom is 0.410 e. The van der Waals surface area contributed by atoms with E-state index in [-0.39, 0.29) is 43.9 Å². The number of carbonyl (C=O) groups excluding carboxylic acids is 7. The third-order valence-corrected chi connectivity index (χ3v) is 10.3. The summed E-state index contributed by atoms with van der Waals surface area (Å²) in [5.74, 6) is -1.96. The number of unbranched alkanes of at least 4 members (excludes halogenated alkanes) is 2. The zero-order chi connectivity index (χ0) is 37.7. The molecule has 2 atom stereocenters. The van der Waals surface area contributed by atoms with Crippen molar-refractivity contribution in [3.05, 3.63) is 29.8 Å². The second-order valence-electron chi connectivity index (χ2n) is 13.5. The number of imide groups is 1. The zero-order valence-electron chi connectivity index (χ0n) is 29.7. The summed E-state index contributed by atoms with van der Waals surface area (Å²) in [5.41, 5.74) is 5.04. The maximum absolute atomic E-state index is 13.6. The van der Waals surface area contributed by atoms with Crippen LogP contribution in [0.25, 0.3) is 0 Å². The number of nitrogens with two attached hydrogens (primary N) is 1. The fourth-order valence-corrected chi connectivity index (χ4v) is 6.73. The van der Waals surface area contributed by atoms with E-state index in [0.717, 1.165) is 18.4 Å². The van der Waals surface area contributed by atoms with Gasteiger partial charge < -0.3 is 41.4 Å². The largest absolute Gasteiger partial charge is 0.445 e. The molecule has 2 unspecified atom stereocenters. The van der Waals surface area contributed by atoms with Crippen molar-refractivity contribution in [1.82, 2.24) is 25.8 Å². The number of hydrogen-bond donors (Lipinski definition) is 6. The number of amides is 8. The number of nitrogens with zero attached hydrogens (tertiary/aromatic N) is 2. The average Bonchev–Trinajstić information content (AvgIpc) is 3.35. The normalized spacial score (nSPS) is 19.0. The van der Waals surface area contributed by atoms with Gasteiger partial charge in [0, 0.05) is 51.9 Å². The molecule has 6 N–H and O–H groups in total. The first kappa shape index (κ1) is 40.4. The van der Waals surface area contributed by atoms with Crippen LogP contribution in [0.2, 0.25) is 0 Å². The number of thiol groups is 1. The lowest BCUT2D eigenvalue weighted by Crippen LogP contribution is -2.58. The minimum Gasteiger partial charge on any atom is -0.445 e. The topological polar surface area (TPSA) is 219 Å². The van der Waals surface area contributed by atoms with Gasteiger partial charge in [-0.3, -0.25) is 28.9 Å². The summed E-state index contributed by atoms with van der Waals surface area (Å²) in [4.78, 5) is 90.8. The molecule has 3 fully saturated rings. The second kappa shape index (κ2) is 19.5. The quantitative estimate of drug-likeness (QED) is 0.0558. The number of nitrogens with one attached hydrogen (secondary N) is 4. The molecule has 0 radical (unpaired) electrons. The van der Waals surface area contributed by atoms with E-state index in [9.17, 15) is 33.6 Å². The summed E-state index contributed by atoms with van der Waals surface area (Å²) in [6.45, 7) is 2.00. The first-order valence-electron chi connectivity index (χ1n) is 17.9. The Morgan fingerprint density at radius 3 is 2.25 bits per heavy atom. The van der Waals surface area contributed by atoms with Gasteiger partial charge in [0.1, 0.15) is 18.1 Å². The fourth-order valence-electron chi connectivity index (χ4n) is 6.44. The molecule has 1 aromatic carbocycles. The Morgan fingerprint density at radius 2 is 1.65 bits per heavy atom. The number of ether oxygens (including phenoxy) is 2. The molecule has 16 nitrogen and oxygen atoms in total. The number of benzene rings is 1. The third-order valence-electron chi connectivity index (χ3n) is 9.85. The first-order valence-corrected chi connectivity index (χ1v) is 18.4. The van der Waals surface area contributed by atoms with E-state index in [2.05, 4.69) is 33.9 Å². The van der Waals surface area contributed by atoms with E-state index >= 15 is 0 Å². The van der Waals surface area contributed by atoms with Gasteiger partial charge in [0.15, 0.2) is 0 Å². The number of rotatable bonds is 18. The average molecular weight is 746 g/mol. The van der Waals surface area contributed by atoms with Crippen molar-refractivity contribution in [3.63, 3.8) is 0 Å².